The van der Waals surface area contributed by atoms with E-state index in [2.05, 4.69) is 5.10 Å². The number of esters is 1. The summed E-state index contributed by atoms with van der Waals surface area (Å²) in [5.41, 5.74) is 0.212. The highest BCUT2D eigenvalue weighted by Crippen LogP contribution is 2.37. The minimum absolute atomic E-state index is 0.221. The zero-order valence-corrected chi connectivity index (χ0v) is 14.2. The van der Waals surface area contributed by atoms with Crippen LogP contribution in [0.5, 0.6) is 5.75 Å². The van der Waals surface area contributed by atoms with Crippen LogP contribution in [0.2, 0.25) is 0 Å². The fraction of sp³-hybridized carbons (Fsp3) is 0.211. The van der Waals surface area contributed by atoms with E-state index in [1.165, 1.54) is 18.9 Å². The van der Waals surface area contributed by atoms with E-state index in [0.29, 0.717) is 11.3 Å². The highest BCUT2D eigenvalue weighted by molar-refractivity contribution is 5.99. The standard InChI is InChI=1S/C19H18N2O4/c1-13(22)21-19(3,15-9-5-4-6-10-15)25-18(20-21)16-11-7-8-12-17(16)24-14(2)23/h4-12H,1-3H3. The number of rotatable bonds is 3. The van der Waals surface area contributed by atoms with Gasteiger partial charge in [0.05, 0.1) is 5.56 Å². The maximum Gasteiger partial charge on any atom is 0.308 e. The van der Waals surface area contributed by atoms with E-state index in [9.17, 15) is 9.59 Å². The van der Waals surface area contributed by atoms with Gasteiger partial charge >= 0.3 is 5.97 Å². The summed E-state index contributed by atoms with van der Waals surface area (Å²) in [5, 5.41) is 5.64. The van der Waals surface area contributed by atoms with Crippen molar-refractivity contribution in [2.24, 2.45) is 5.10 Å². The predicted molar refractivity (Wildman–Crippen MR) is 91.7 cm³/mol. The van der Waals surface area contributed by atoms with Crippen LogP contribution in [-0.2, 0) is 20.1 Å². The Morgan fingerprint density at radius 3 is 2.32 bits per heavy atom. The number of hydrogen-bond donors (Lipinski definition) is 0. The molecule has 0 radical (unpaired) electrons. The van der Waals surface area contributed by atoms with Gasteiger partial charge in [-0.1, -0.05) is 42.5 Å². The van der Waals surface area contributed by atoms with Gasteiger partial charge in [0.1, 0.15) is 5.75 Å². The van der Waals surface area contributed by atoms with Crippen molar-refractivity contribution in [2.75, 3.05) is 0 Å². The zero-order chi connectivity index (χ0) is 18.0. The SMILES string of the molecule is CC(=O)Oc1ccccc1C1=NN(C(C)=O)C(C)(c2ccccc2)O1. The van der Waals surface area contributed by atoms with Gasteiger partial charge in [-0.15, -0.1) is 5.10 Å². The molecule has 0 fully saturated rings. The van der Waals surface area contributed by atoms with Crippen molar-refractivity contribution in [1.29, 1.82) is 0 Å². The van der Waals surface area contributed by atoms with Gasteiger partial charge in [0, 0.05) is 26.3 Å². The lowest BCUT2D eigenvalue weighted by molar-refractivity contribution is -0.146. The van der Waals surface area contributed by atoms with Gasteiger partial charge in [0.15, 0.2) is 0 Å². The maximum atomic E-state index is 12.1. The molecule has 6 nitrogen and oxygen atoms in total. The maximum absolute atomic E-state index is 12.1. The van der Waals surface area contributed by atoms with Crippen LogP contribution < -0.4 is 4.74 Å². The summed E-state index contributed by atoms with van der Waals surface area (Å²) in [6.45, 7) is 4.52. The molecule has 2 aromatic rings. The second kappa shape index (κ2) is 6.39. The topological polar surface area (TPSA) is 68.2 Å². The second-order valence-corrected chi connectivity index (χ2v) is 5.78. The molecule has 0 saturated carbocycles. The number of carbonyl (C=O) groups is 2. The first-order valence-electron chi connectivity index (χ1n) is 7.83. The highest BCUT2D eigenvalue weighted by atomic mass is 16.6. The molecular formula is C19H18N2O4. The zero-order valence-electron chi connectivity index (χ0n) is 14.2. The molecule has 6 heteroatoms. The monoisotopic (exact) mass is 338 g/mol. The van der Waals surface area contributed by atoms with Crippen molar-refractivity contribution in [2.45, 2.75) is 26.5 Å². The van der Waals surface area contributed by atoms with Crippen LogP contribution in [0.3, 0.4) is 0 Å². The van der Waals surface area contributed by atoms with E-state index in [4.69, 9.17) is 9.47 Å². The van der Waals surface area contributed by atoms with Gasteiger partial charge < -0.3 is 9.47 Å². The minimum Gasteiger partial charge on any atom is -0.443 e. The van der Waals surface area contributed by atoms with Gasteiger partial charge in [-0.05, 0) is 12.1 Å². The Bertz CT molecular complexity index is 848. The van der Waals surface area contributed by atoms with Crippen molar-refractivity contribution >= 4 is 17.8 Å². The second-order valence-electron chi connectivity index (χ2n) is 5.78. The summed E-state index contributed by atoms with van der Waals surface area (Å²) >= 11 is 0. The summed E-state index contributed by atoms with van der Waals surface area (Å²) in [4.78, 5) is 23.5. The fourth-order valence-electron chi connectivity index (χ4n) is 2.73. The molecule has 128 valence electrons. The quantitative estimate of drug-likeness (QED) is 0.637. The lowest BCUT2D eigenvalue weighted by Crippen LogP contribution is -2.41. The lowest BCUT2D eigenvalue weighted by Gasteiger charge is -2.31. The van der Waals surface area contributed by atoms with Crippen molar-refractivity contribution in [3.63, 3.8) is 0 Å². The molecule has 1 amide bonds. The van der Waals surface area contributed by atoms with Crippen molar-refractivity contribution in [3.8, 4) is 5.75 Å². The first kappa shape index (κ1) is 16.7. The van der Waals surface area contributed by atoms with Crippen molar-refractivity contribution in [3.05, 3.63) is 65.7 Å². The van der Waals surface area contributed by atoms with E-state index < -0.39 is 11.7 Å². The fourth-order valence-corrected chi connectivity index (χ4v) is 2.73. The third kappa shape index (κ3) is 3.10. The van der Waals surface area contributed by atoms with Crippen molar-refractivity contribution < 1.29 is 19.1 Å². The van der Waals surface area contributed by atoms with Crippen LogP contribution in [0.15, 0.2) is 59.7 Å². The number of benzene rings is 2. The van der Waals surface area contributed by atoms with Crippen LogP contribution in [0.4, 0.5) is 0 Å². The molecular weight excluding hydrogens is 320 g/mol. The number of nitrogens with zero attached hydrogens (tertiary/aromatic N) is 2. The number of hydrazone groups is 1. The number of amides is 1. The lowest BCUT2D eigenvalue weighted by atomic mass is 10.0. The molecule has 0 aromatic heterocycles. The summed E-state index contributed by atoms with van der Waals surface area (Å²) in [6.07, 6.45) is 0. The third-order valence-electron chi connectivity index (χ3n) is 3.87. The Hall–Kier alpha value is -3.15. The van der Waals surface area contributed by atoms with E-state index >= 15 is 0 Å². The van der Waals surface area contributed by atoms with Gasteiger partial charge in [-0.25, -0.2) is 0 Å². The molecule has 25 heavy (non-hydrogen) atoms. The Morgan fingerprint density at radius 2 is 1.68 bits per heavy atom. The molecule has 2 aromatic carbocycles. The molecule has 1 heterocycles. The van der Waals surface area contributed by atoms with Crippen LogP contribution in [0.1, 0.15) is 31.9 Å². The van der Waals surface area contributed by atoms with Gasteiger partial charge in [0.2, 0.25) is 17.5 Å². The summed E-state index contributed by atoms with van der Waals surface area (Å²) < 4.78 is 11.3. The molecule has 1 atom stereocenters. The predicted octanol–water partition coefficient (Wildman–Crippen LogP) is 3.03. The minimum atomic E-state index is -1.08. The van der Waals surface area contributed by atoms with Crippen LogP contribution >= 0.6 is 0 Å². The number of hydrogen-bond acceptors (Lipinski definition) is 5. The normalized spacial score (nSPS) is 19.2. The molecule has 0 aliphatic carbocycles. The molecule has 1 aliphatic heterocycles. The molecule has 0 bridgehead atoms. The van der Waals surface area contributed by atoms with Crippen molar-refractivity contribution in [1.82, 2.24) is 5.01 Å². The van der Waals surface area contributed by atoms with E-state index in [-0.39, 0.29) is 11.8 Å². The van der Waals surface area contributed by atoms with Crippen LogP contribution in [-0.4, -0.2) is 22.8 Å². The molecule has 0 N–H and O–H groups in total. The third-order valence-corrected chi connectivity index (χ3v) is 3.87. The summed E-state index contributed by atoms with van der Waals surface area (Å²) in [7, 11) is 0. The van der Waals surface area contributed by atoms with E-state index in [1.54, 1.807) is 31.2 Å². The number of carbonyl (C=O) groups excluding carboxylic acids is 2. The molecule has 3 rings (SSSR count). The molecule has 1 aliphatic rings. The van der Waals surface area contributed by atoms with E-state index in [0.717, 1.165) is 5.56 Å². The summed E-state index contributed by atoms with van der Waals surface area (Å²) in [5.74, 6) is -0.153. The smallest absolute Gasteiger partial charge is 0.308 e. The van der Waals surface area contributed by atoms with Gasteiger partial charge in [-0.3, -0.25) is 9.59 Å². The van der Waals surface area contributed by atoms with E-state index in [1.807, 2.05) is 30.3 Å². The Balaban J connectivity index is 2.04. The number of para-hydroxylation sites is 1. The Kier molecular flexibility index (Phi) is 4.27. The first-order chi connectivity index (χ1) is 11.9. The molecule has 0 spiro atoms. The number of ether oxygens (including phenoxy) is 2. The highest BCUT2D eigenvalue weighted by Gasteiger charge is 2.45. The van der Waals surface area contributed by atoms with Crippen LogP contribution in [0.25, 0.3) is 0 Å². The van der Waals surface area contributed by atoms with Crippen LogP contribution in [0, 0.1) is 0 Å². The van der Waals surface area contributed by atoms with Gasteiger partial charge in [0.25, 0.3) is 0 Å². The average molecular weight is 338 g/mol. The first-order valence-corrected chi connectivity index (χ1v) is 7.83. The molecule has 0 saturated heterocycles. The Morgan fingerprint density at radius 1 is 1.04 bits per heavy atom. The largest absolute Gasteiger partial charge is 0.443 e. The van der Waals surface area contributed by atoms with Gasteiger partial charge in [-0.2, -0.15) is 5.01 Å². The average Bonchev–Trinajstić information content (AvgIpc) is 2.95. The molecule has 1 unspecified atom stereocenters. The Labute approximate surface area is 145 Å². The summed E-state index contributed by atoms with van der Waals surface area (Å²) in [6, 6.07) is 16.3.